The van der Waals surface area contributed by atoms with Crippen LogP contribution in [0, 0.1) is 0 Å². The molecule has 0 saturated carbocycles. The largest absolute Gasteiger partial charge is 0.0884 e. The van der Waals surface area contributed by atoms with Crippen molar-refractivity contribution in [1.82, 2.24) is 0 Å². The first kappa shape index (κ1) is 12.5. The Hall–Kier alpha value is -0.520. The lowest BCUT2D eigenvalue weighted by Gasteiger charge is -1.95. The first-order chi connectivity index (χ1) is 6.31. The molecule has 0 radical (unpaired) electrons. The van der Waals surface area contributed by atoms with Gasteiger partial charge in [-0.25, -0.2) is 0 Å². The summed E-state index contributed by atoms with van der Waals surface area (Å²) in [5.41, 5.74) is 1.46. The third-order valence-electron chi connectivity index (χ3n) is 2.32. The Morgan fingerprint density at radius 3 is 2.46 bits per heavy atom. The lowest BCUT2D eigenvalue weighted by Crippen LogP contribution is -1.74. The van der Waals surface area contributed by atoms with E-state index in [1.54, 1.807) is 0 Å². The zero-order chi connectivity index (χ0) is 9.94. The molecule has 0 fully saturated rings. The molecule has 0 rings (SSSR count). The lowest BCUT2D eigenvalue weighted by atomic mass is 10.1. The zero-order valence-corrected chi connectivity index (χ0v) is 9.47. The molecule has 0 unspecified atom stereocenters. The van der Waals surface area contributed by atoms with Crippen molar-refractivity contribution in [2.75, 3.05) is 0 Å². The maximum absolute atomic E-state index is 2.32. The van der Waals surface area contributed by atoms with Crippen LogP contribution >= 0.6 is 0 Å². The Morgan fingerprint density at radius 1 is 1.08 bits per heavy atom. The van der Waals surface area contributed by atoms with E-state index in [1.165, 1.54) is 37.7 Å². The van der Waals surface area contributed by atoms with E-state index < -0.39 is 0 Å². The first-order valence-electron chi connectivity index (χ1n) is 5.58. The van der Waals surface area contributed by atoms with Crippen LogP contribution in [0.4, 0.5) is 0 Å². The molecular weight excluding hydrogens is 156 g/mol. The van der Waals surface area contributed by atoms with Gasteiger partial charge in [0.15, 0.2) is 0 Å². The minimum Gasteiger partial charge on any atom is -0.0884 e. The number of allylic oxidation sites excluding steroid dienone is 4. The molecule has 0 aliphatic carbocycles. The van der Waals surface area contributed by atoms with Crippen LogP contribution in [0.3, 0.4) is 0 Å². The van der Waals surface area contributed by atoms with Gasteiger partial charge in [0.05, 0.1) is 0 Å². The molecule has 0 bridgehead atoms. The average molecular weight is 180 g/mol. The van der Waals surface area contributed by atoms with Crippen LogP contribution in [0.5, 0.6) is 0 Å². The molecule has 0 heterocycles. The summed E-state index contributed by atoms with van der Waals surface area (Å²) in [6, 6.07) is 0. The average Bonchev–Trinajstić information content (AvgIpc) is 2.16. The SMILES string of the molecule is CC=C(C)CC=CCCCCCC. The lowest BCUT2D eigenvalue weighted by molar-refractivity contribution is 0.674. The predicted octanol–water partition coefficient (Wildman–Crippen LogP) is 4.87. The topological polar surface area (TPSA) is 0 Å². The smallest absolute Gasteiger partial charge is 0.0142 e. The van der Waals surface area contributed by atoms with Crippen molar-refractivity contribution in [3.05, 3.63) is 23.8 Å². The van der Waals surface area contributed by atoms with E-state index in [2.05, 4.69) is 39.0 Å². The molecule has 0 aromatic rings. The molecule has 0 aromatic carbocycles. The summed E-state index contributed by atoms with van der Waals surface area (Å²) in [5.74, 6) is 0. The van der Waals surface area contributed by atoms with Gasteiger partial charge >= 0.3 is 0 Å². The van der Waals surface area contributed by atoms with Gasteiger partial charge in [0, 0.05) is 0 Å². The fraction of sp³-hybridized carbons (Fsp3) is 0.692. The molecule has 0 spiro atoms. The monoisotopic (exact) mass is 180 g/mol. The summed E-state index contributed by atoms with van der Waals surface area (Å²) in [7, 11) is 0. The standard InChI is InChI=1S/C13H24/c1-4-6-7-8-9-10-11-12-13(3)5-2/h5,10-11H,4,6-9,12H2,1-3H3. The molecule has 0 N–H and O–H groups in total. The van der Waals surface area contributed by atoms with Crippen LogP contribution in [-0.4, -0.2) is 0 Å². The highest BCUT2D eigenvalue weighted by atomic mass is 13.9. The first-order valence-corrected chi connectivity index (χ1v) is 5.58. The highest BCUT2D eigenvalue weighted by Gasteiger charge is 1.85. The Balaban J connectivity index is 3.22. The van der Waals surface area contributed by atoms with Gasteiger partial charge in [0.2, 0.25) is 0 Å². The predicted molar refractivity (Wildman–Crippen MR) is 61.9 cm³/mol. The second-order valence-electron chi connectivity index (χ2n) is 3.66. The molecule has 0 aliphatic heterocycles. The molecule has 0 atom stereocenters. The van der Waals surface area contributed by atoms with Gasteiger partial charge in [-0.3, -0.25) is 0 Å². The van der Waals surface area contributed by atoms with Crippen LogP contribution in [0.2, 0.25) is 0 Å². The Kier molecular flexibility index (Phi) is 9.18. The van der Waals surface area contributed by atoms with E-state index in [1.807, 2.05) is 0 Å². The van der Waals surface area contributed by atoms with Crippen molar-refractivity contribution < 1.29 is 0 Å². The summed E-state index contributed by atoms with van der Waals surface area (Å²) in [5, 5.41) is 0. The van der Waals surface area contributed by atoms with Crippen LogP contribution in [0.15, 0.2) is 23.8 Å². The van der Waals surface area contributed by atoms with Crippen molar-refractivity contribution >= 4 is 0 Å². The van der Waals surface area contributed by atoms with E-state index in [4.69, 9.17) is 0 Å². The summed E-state index contributed by atoms with van der Waals surface area (Å²) in [4.78, 5) is 0. The quantitative estimate of drug-likeness (QED) is 0.387. The maximum Gasteiger partial charge on any atom is -0.0142 e. The zero-order valence-electron chi connectivity index (χ0n) is 9.47. The van der Waals surface area contributed by atoms with Gasteiger partial charge in [-0.2, -0.15) is 0 Å². The van der Waals surface area contributed by atoms with Gasteiger partial charge in [0.25, 0.3) is 0 Å². The van der Waals surface area contributed by atoms with E-state index in [0.717, 1.165) is 6.42 Å². The van der Waals surface area contributed by atoms with Crippen LogP contribution < -0.4 is 0 Å². The molecule has 0 aliphatic rings. The molecule has 13 heavy (non-hydrogen) atoms. The highest BCUT2D eigenvalue weighted by Crippen LogP contribution is 2.05. The molecule has 0 amide bonds. The van der Waals surface area contributed by atoms with E-state index >= 15 is 0 Å². The van der Waals surface area contributed by atoms with Gasteiger partial charge in [-0.1, -0.05) is 50.0 Å². The highest BCUT2D eigenvalue weighted by molar-refractivity contribution is 5.02. The summed E-state index contributed by atoms with van der Waals surface area (Å²) in [6.07, 6.45) is 14.7. The van der Waals surface area contributed by atoms with Crippen molar-refractivity contribution in [2.24, 2.45) is 0 Å². The van der Waals surface area contributed by atoms with E-state index in [0.29, 0.717) is 0 Å². The molecule has 0 nitrogen and oxygen atoms in total. The second kappa shape index (κ2) is 9.57. The number of rotatable bonds is 7. The van der Waals surface area contributed by atoms with Gasteiger partial charge in [0.1, 0.15) is 0 Å². The minimum atomic E-state index is 1.13. The third-order valence-corrected chi connectivity index (χ3v) is 2.32. The Labute approximate surface area is 83.7 Å². The Bertz CT molecular complexity index is 151. The minimum absolute atomic E-state index is 1.13. The summed E-state index contributed by atoms with van der Waals surface area (Å²) < 4.78 is 0. The van der Waals surface area contributed by atoms with Crippen LogP contribution in [0.25, 0.3) is 0 Å². The van der Waals surface area contributed by atoms with Crippen LogP contribution in [-0.2, 0) is 0 Å². The Morgan fingerprint density at radius 2 is 1.85 bits per heavy atom. The fourth-order valence-electron chi connectivity index (χ4n) is 1.19. The number of hydrogen-bond acceptors (Lipinski definition) is 0. The third kappa shape index (κ3) is 9.39. The molecule has 0 saturated heterocycles. The molecular formula is C13H24. The van der Waals surface area contributed by atoms with Crippen LogP contribution in [0.1, 0.15) is 59.3 Å². The molecule has 0 heteroatoms. The fourth-order valence-corrected chi connectivity index (χ4v) is 1.19. The number of unbranched alkanes of at least 4 members (excludes halogenated alkanes) is 4. The van der Waals surface area contributed by atoms with E-state index in [-0.39, 0.29) is 0 Å². The van der Waals surface area contributed by atoms with Gasteiger partial charge in [-0.15, -0.1) is 0 Å². The normalized spacial score (nSPS) is 12.7. The molecule has 0 aromatic heterocycles. The van der Waals surface area contributed by atoms with Gasteiger partial charge < -0.3 is 0 Å². The van der Waals surface area contributed by atoms with Crippen molar-refractivity contribution in [1.29, 1.82) is 0 Å². The van der Waals surface area contributed by atoms with Crippen molar-refractivity contribution in [2.45, 2.75) is 59.3 Å². The summed E-state index contributed by atoms with van der Waals surface area (Å²) >= 11 is 0. The van der Waals surface area contributed by atoms with Crippen molar-refractivity contribution in [3.63, 3.8) is 0 Å². The van der Waals surface area contributed by atoms with Crippen molar-refractivity contribution in [3.8, 4) is 0 Å². The van der Waals surface area contributed by atoms with Gasteiger partial charge in [-0.05, 0) is 33.1 Å². The van der Waals surface area contributed by atoms with E-state index in [9.17, 15) is 0 Å². The maximum atomic E-state index is 2.32. The summed E-state index contributed by atoms with van der Waals surface area (Å²) in [6.45, 7) is 6.54. The molecule has 76 valence electrons. The number of hydrogen-bond donors (Lipinski definition) is 0. The second-order valence-corrected chi connectivity index (χ2v) is 3.66.